The molecule has 2 aromatic heterocycles. The van der Waals surface area contributed by atoms with Gasteiger partial charge in [0.05, 0.1) is 19.8 Å². The topological polar surface area (TPSA) is 89.6 Å². The van der Waals surface area contributed by atoms with Crippen molar-refractivity contribution in [3.8, 4) is 0 Å². The van der Waals surface area contributed by atoms with Gasteiger partial charge in [-0.1, -0.05) is 36.4 Å². The van der Waals surface area contributed by atoms with Gasteiger partial charge in [-0.05, 0) is 17.7 Å². The number of pyridine rings is 1. The number of hydrogen-bond acceptors (Lipinski definition) is 8. The third-order valence-corrected chi connectivity index (χ3v) is 4.64. The normalized spacial score (nSPS) is 10.7. The van der Waals surface area contributed by atoms with E-state index >= 15 is 0 Å². The summed E-state index contributed by atoms with van der Waals surface area (Å²) in [6.45, 7) is 2.97. The first-order valence-corrected chi connectivity index (χ1v) is 9.80. The lowest BCUT2D eigenvalue weighted by Gasteiger charge is -2.28. The molecule has 158 valence electrons. The molecule has 0 spiro atoms. The largest absolute Gasteiger partial charge is 0.393 e. The maximum absolute atomic E-state index is 6.60. The molecule has 0 fully saturated rings. The molecule has 2 heterocycles. The van der Waals surface area contributed by atoms with Gasteiger partial charge in [0.2, 0.25) is 0 Å². The minimum Gasteiger partial charge on any atom is -0.393 e. The fourth-order valence-corrected chi connectivity index (χ4v) is 3.11. The zero-order valence-corrected chi connectivity index (χ0v) is 17.4. The Kier molecular flexibility index (Phi) is 7.94. The molecule has 0 saturated carbocycles. The number of nitrogens with two attached hydrogens (primary N) is 1. The van der Waals surface area contributed by atoms with Crippen molar-refractivity contribution in [1.29, 1.82) is 0 Å². The summed E-state index contributed by atoms with van der Waals surface area (Å²) in [6, 6.07) is 15.9. The van der Waals surface area contributed by atoms with Crippen molar-refractivity contribution in [3.63, 3.8) is 0 Å². The predicted octanol–water partition coefficient (Wildman–Crippen LogP) is 2.89. The van der Waals surface area contributed by atoms with Crippen LogP contribution in [0.1, 0.15) is 5.56 Å². The van der Waals surface area contributed by atoms with Gasteiger partial charge in [0.1, 0.15) is 17.8 Å². The van der Waals surface area contributed by atoms with E-state index in [1.54, 1.807) is 20.4 Å². The molecule has 3 aromatic rings. The molecule has 0 saturated heterocycles. The lowest BCUT2D eigenvalue weighted by molar-refractivity contribution is 0.190. The lowest BCUT2D eigenvalue weighted by Crippen LogP contribution is -2.32. The van der Waals surface area contributed by atoms with E-state index in [0.29, 0.717) is 50.2 Å². The summed E-state index contributed by atoms with van der Waals surface area (Å²) in [5.41, 5.74) is 8.22. The average Bonchev–Trinajstić information content (AvgIpc) is 2.80. The molecule has 30 heavy (non-hydrogen) atoms. The fourth-order valence-electron chi connectivity index (χ4n) is 3.11. The molecule has 0 radical (unpaired) electrons. The molecule has 0 aliphatic carbocycles. The smallest absolute Gasteiger partial charge is 0.163 e. The number of hydrogen-bond donors (Lipinski definition) is 1. The van der Waals surface area contributed by atoms with E-state index in [2.05, 4.69) is 27.1 Å². The van der Waals surface area contributed by atoms with Gasteiger partial charge in [0.25, 0.3) is 0 Å². The van der Waals surface area contributed by atoms with Crippen LogP contribution in [-0.2, 0) is 16.0 Å². The Labute approximate surface area is 177 Å². The Hall–Kier alpha value is -3.23. The molecule has 0 aliphatic rings. The maximum Gasteiger partial charge on any atom is 0.163 e. The quantitative estimate of drug-likeness (QED) is 0.518. The molecule has 0 bridgehead atoms. The van der Waals surface area contributed by atoms with Crippen LogP contribution in [0.2, 0.25) is 0 Å². The van der Waals surface area contributed by atoms with Crippen LogP contribution in [0.4, 0.5) is 23.1 Å². The van der Waals surface area contributed by atoms with Crippen LogP contribution in [0.25, 0.3) is 0 Å². The number of anilines is 4. The Balaban J connectivity index is 2.00. The van der Waals surface area contributed by atoms with Crippen LogP contribution in [-0.4, -0.2) is 55.5 Å². The number of rotatable bonds is 11. The third kappa shape index (κ3) is 5.43. The van der Waals surface area contributed by atoms with Crippen LogP contribution in [0, 0.1) is 0 Å². The van der Waals surface area contributed by atoms with Gasteiger partial charge in [-0.2, -0.15) is 0 Å². The molecule has 0 atom stereocenters. The van der Waals surface area contributed by atoms with Crippen molar-refractivity contribution in [1.82, 2.24) is 15.0 Å². The van der Waals surface area contributed by atoms with Crippen LogP contribution < -0.4 is 15.5 Å². The summed E-state index contributed by atoms with van der Waals surface area (Å²) in [5.74, 6) is 2.03. The molecule has 8 heteroatoms. The number of methoxy groups -OCH3 is 2. The van der Waals surface area contributed by atoms with Crippen molar-refractivity contribution in [2.45, 2.75) is 6.54 Å². The highest BCUT2D eigenvalue weighted by Gasteiger charge is 2.21. The van der Waals surface area contributed by atoms with Gasteiger partial charge >= 0.3 is 0 Å². The van der Waals surface area contributed by atoms with Crippen molar-refractivity contribution in [3.05, 3.63) is 66.6 Å². The molecular weight excluding hydrogens is 380 g/mol. The maximum atomic E-state index is 6.60. The van der Waals surface area contributed by atoms with Gasteiger partial charge in [0.15, 0.2) is 11.6 Å². The van der Waals surface area contributed by atoms with Gasteiger partial charge in [-0.25, -0.2) is 15.0 Å². The molecule has 0 aliphatic heterocycles. The Bertz CT molecular complexity index is 887. The molecule has 8 nitrogen and oxygen atoms in total. The molecule has 0 amide bonds. The van der Waals surface area contributed by atoms with Gasteiger partial charge in [0, 0.05) is 33.5 Å². The van der Waals surface area contributed by atoms with E-state index < -0.39 is 0 Å². The number of nitrogen functional groups attached to an aromatic ring is 1. The molecule has 1 aromatic carbocycles. The fraction of sp³-hybridized carbons (Fsp3) is 0.318. The Morgan fingerprint density at radius 2 is 1.50 bits per heavy atom. The van der Waals surface area contributed by atoms with Crippen LogP contribution in [0.3, 0.4) is 0 Å². The second-order valence-electron chi connectivity index (χ2n) is 6.67. The second kappa shape index (κ2) is 11.1. The van der Waals surface area contributed by atoms with Gasteiger partial charge in [-0.3, -0.25) is 0 Å². The number of ether oxygens (including phenoxy) is 2. The standard InChI is InChI=1S/C22H28N6O2/c1-29-14-12-27(13-15-30-2)21-20(23)22(26-17-25-21)28(19-10-6-7-11-24-19)16-18-8-4-3-5-9-18/h3-11,17H,12-16,23H2,1-2H3. The summed E-state index contributed by atoms with van der Waals surface area (Å²) in [6.07, 6.45) is 3.30. The van der Waals surface area contributed by atoms with Crippen LogP contribution in [0.5, 0.6) is 0 Å². The summed E-state index contributed by atoms with van der Waals surface area (Å²) in [4.78, 5) is 17.5. The van der Waals surface area contributed by atoms with E-state index in [9.17, 15) is 0 Å². The summed E-state index contributed by atoms with van der Waals surface area (Å²) < 4.78 is 10.5. The van der Waals surface area contributed by atoms with E-state index in [1.165, 1.54) is 6.33 Å². The van der Waals surface area contributed by atoms with E-state index in [0.717, 1.165) is 11.4 Å². The number of benzene rings is 1. The van der Waals surface area contributed by atoms with Crippen LogP contribution in [0.15, 0.2) is 61.1 Å². The van der Waals surface area contributed by atoms with E-state index in [1.807, 2.05) is 46.2 Å². The monoisotopic (exact) mass is 408 g/mol. The third-order valence-electron chi connectivity index (χ3n) is 4.64. The first kappa shape index (κ1) is 21.5. The average molecular weight is 409 g/mol. The lowest BCUT2D eigenvalue weighted by atomic mass is 10.2. The van der Waals surface area contributed by atoms with Crippen LogP contribution >= 0.6 is 0 Å². The first-order valence-electron chi connectivity index (χ1n) is 9.80. The summed E-state index contributed by atoms with van der Waals surface area (Å²) in [5, 5.41) is 0. The highest BCUT2D eigenvalue weighted by atomic mass is 16.5. The zero-order valence-electron chi connectivity index (χ0n) is 17.4. The van der Waals surface area contributed by atoms with E-state index in [-0.39, 0.29) is 0 Å². The minimum atomic E-state index is 0.492. The number of aromatic nitrogens is 3. The van der Waals surface area contributed by atoms with E-state index in [4.69, 9.17) is 15.2 Å². The van der Waals surface area contributed by atoms with Crippen molar-refractivity contribution in [2.24, 2.45) is 0 Å². The Morgan fingerprint density at radius 1 is 0.833 bits per heavy atom. The molecule has 2 N–H and O–H groups in total. The van der Waals surface area contributed by atoms with Gasteiger partial charge in [-0.15, -0.1) is 0 Å². The van der Waals surface area contributed by atoms with Crippen molar-refractivity contribution < 1.29 is 9.47 Å². The summed E-state index contributed by atoms with van der Waals surface area (Å²) >= 11 is 0. The van der Waals surface area contributed by atoms with Crippen molar-refractivity contribution >= 4 is 23.1 Å². The number of nitrogens with zero attached hydrogens (tertiary/aromatic N) is 5. The Morgan fingerprint density at radius 3 is 2.13 bits per heavy atom. The molecule has 0 unspecified atom stereocenters. The minimum absolute atomic E-state index is 0.492. The molecular formula is C22H28N6O2. The molecule has 3 rings (SSSR count). The SMILES string of the molecule is COCCN(CCOC)c1ncnc(N(Cc2ccccc2)c2ccccn2)c1N. The zero-order chi connectivity index (χ0) is 21.2. The highest BCUT2D eigenvalue weighted by molar-refractivity contribution is 5.79. The van der Waals surface area contributed by atoms with Crippen molar-refractivity contribution in [2.75, 3.05) is 56.1 Å². The predicted molar refractivity (Wildman–Crippen MR) is 119 cm³/mol. The second-order valence-corrected chi connectivity index (χ2v) is 6.67. The first-order chi connectivity index (χ1) is 14.7. The van der Waals surface area contributed by atoms with Gasteiger partial charge < -0.3 is 25.0 Å². The highest BCUT2D eigenvalue weighted by Crippen LogP contribution is 2.33. The summed E-state index contributed by atoms with van der Waals surface area (Å²) in [7, 11) is 3.35.